The summed E-state index contributed by atoms with van der Waals surface area (Å²) >= 11 is 1.73. The van der Waals surface area contributed by atoms with Crippen LogP contribution in [0, 0.1) is 0 Å². The Kier molecular flexibility index (Phi) is 3.64. The van der Waals surface area contributed by atoms with E-state index in [0.717, 1.165) is 18.8 Å². The van der Waals surface area contributed by atoms with Crippen molar-refractivity contribution in [1.29, 1.82) is 0 Å². The van der Waals surface area contributed by atoms with Crippen molar-refractivity contribution < 1.29 is 0 Å². The van der Waals surface area contributed by atoms with Crippen LogP contribution in [0.3, 0.4) is 0 Å². The van der Waals surface area contributed by atoms with Crippen molar-refractivity contribution in [2.24, 2.45) is 0 Å². The minimum absolute atomic E-state index is 0.136. The highest BCUT2D eigenvalue weighted by Gasteiger charge is 2.09. The van der Waals surface area contributed by atoms with Crippen LogP contribution in [0.4, 0.5) is 0 Å². The van der Waals surface area contributed by atoms with Crippen molar-refractivity contribution in [3.8, 4) is 0 Å². The summed E-state index contributed by atoms with van der Waals surface area (Å²) in [6, 6.07) is 4.21. The van der Waals surface area contributed by atoms with Gasteiger partial charge in [0.15, 0.2) is 0 Å². The average molecular weight is 249 g/mol. The lowest BCUT2D eigenvalue weighted by Crippen LogP contribution is -2.35. The Labute approximate surface area is 106 Å². The fourth-order valence-electron chi connectivity index (χ4n) is 1.51. The highest BCUT2D eigenvalue weighted by molar-refractivity contribution is 7.07. The molecular formula is C13H19N3S. The molecule has 0 bridgehead atoms. The monoisotopic (exact) mass is 249 g/mol. The second kappa shape index (κ2) is 5.02. The van der Waals surface area contributed by atoms with Crippen molar-refractivity contribution in [3.63, 3.8) is 0 Å². The summed E-state index contributed by atoms with van der Waals surface area (Å²) in [5, 5.41) is 12.2. The average Bonchev–Trinajstić information content (AvgIpc) is 2.86. The number of rotatable bonds is 4. The maximum atomic E-state index is 4.55. The molecule has 0 aliphatic rings. The molecule has 2 heterocycles. The SMILES string of the molecule is CC(C)(C)NCc1ccn(Cc2ccsc2)n1. The third kappa shape index (κ3) is 3.98. The van der Waals surface area contributed by atoms with Gasteiger partial charge < -0.3 is 5.32 Å². The highest BCUT2D eigenvalue weighted by Crippen LogP contribution is 2.08. The summed E-state index contributed by atoms with van der Waals surface area (Å²) in [6.45, 7) is 8.17. The van der Waals surface area contributed by atoms with Crippen LogP contribution in [0.5, 0.6) is 0 Å². The van der Waals surface area contributed by atoms with Gasteiger partial charge in [-0.1, -0.05) is 0 Å². The fraction of sp³-hybridized carbons (Fsp3) is 0.462. The van der Waals surface area contributed by atoms with Crippen LogP contribution in [0.25, 0.3) is 0 Å². The quantitative estimate of drug-likeness (QED) is 0.903. The second-order valence-electron chi connectivity index (χ2n) is 5.24. The van der Waals surface area contributed by atoms with Gasteiger partial charge in [-0.05, 0) is 49.2 Å². The van der Waals surface area contributed by atoms with Crippen molar-refractivity contribution >= 4 is 11.3 Å². The summed E-state index contributed by atoms with van der Waals surface area (Å²) in [5.41, 5.74) is 2.54. The van der Waals surface area contributed by atoms with E-state index < -0.39 is 0 Å². The summed E-state index contributed by atoms with van der Waals surface area (Å²) in [5.74, 6) is 0. The first-order valence-electron chi connectivity index (χ1n) is 5.81. The van der Waals surface area contributed by atoms with E-state index in [1.54, 1.807) is 11.3 Å². The van der Waals surface area contributed by atoms with Gasteiger partial charge in [0, 0.05) is 18.3 Å². The van der Waals surface area contributed by atoms with Crippen LogP contribution < -0.4 is 5.32 Å². The molecule has 17 heavy (non-hydrogen) atoms. The molecule has 0 spiro atoms. The molecular weight excluding hydrogens is 230 g/mol. The third-order valence-corrected chi connectivity index (χ3v) is 3.15. The first-order valence-corrected chi connectivity index (χ1v) is 6.76. The molecule has 0 aliphatic carbocycles. The smallest absolute Gasteiger partial charge is 0.0762 e. The molecule has 92 valence electrons. The molecule has 0 aromatic carbocycles. The number of nitrogens with zero attached hydrogens (tertiary/aromatic N) is 2. The Morgan fingerprint density at radius 1 is 1.35 bits per heavy atom. The summed E-state index contributed by atoms with van der Waals surface area (Å²) < 4.78 is 1.99. The lowest BCUT2D eigenvalue weighted by molar-refractivity contribution is 0.419. The molecule has 0 radical (unpaired) electrons. The molecule has 0 atom stereocenters. The number of thiophene rings is 1. The molecule has 0 unspecified atom stereocenters. The zero-order valence-corrected chi connectivity index (χ0v) is 11.4. The molecule has 0 amide bonds. The van der Waals surface area contributed by atoms with Gasteiger partial charge >= 0.3 is 0 Å². The Balaban J connectivity index is 1.92. The molecule has 2 aromatic heterocycles. The molecule has 1 N–H and O–H groups in total. The third-order valence-electron chi connectivity index (χ3n) is 2.42. The predicted octanol–water partition coefficient (Wildman–Crippen LogP) is 2.88. The van der Waals surface area contributed by atoms with E-state index in [2.05, 4.69) is 54.1 Å². The number of nitrogens with one attached hydrogen (secondary N) is 1. The summed E-state index contributed by atoms with van der Waals surface area (Å²) in [7, 11) is 0. The van der Waals surface area contributed by atoms with E-state index in [-0.39, 0.29) is 5.54 Å². The minimum Gasteiger partial charge on any atom is -0.306 e. The van der Waals surface area contributed by atoms with Gasteiger partial charge in [-0.25, -0.2) is 0 Å². The molecule has 4 heteroatoms. The zero-order valence-electron chi connectivity index (χ0n) is 10.6. The van der Waals surface area contributed by atoms with Gasteiger partial charge in [-0.3, -0.25) is 4.68 Å². The number of hydrogen-bond acceptors (Lipinski definition) is 3. The second-order valence-corrected chi connectivity index (χ2v) is 6.02. The van der Waals surface area contributed by atoms with Crippen molar-refractivity contribution in [1.82, 2.24) is 15.1 Å². The van der Waals surface area contributed by atoms with Gasteiger partial charge in [0.2, 0.25) is 0 Å². The summed E-state index contributed by atoms with van der Waals surface area (Å²) in [4.78, 5) is 0. The fourth-order valence-corrected chi connectivity index (χ4v) is 2.17. The van der Waals surface area contributed by atoms with E-state index in [4.69, 9.17) is 0 Å². The first-order chi connectivity index (χ1) is 8.03. The van der Waals surface area contributed by atoms with Gasteiger partial charge in [0.1, 0.15) is 0 Å². The Morgan fingerprint density at radius 2 is 2.18 bits per heavy atom. The van der Waals surface area contributed by atoms with Gasteiger partial charge in [-0.15, -0.1) is 0 Å². The maximum absolute atomic E-state index is 4.55. The van der Waals surface area contributed by atoms with Gasteiger partial charge in [0.25, 0.3) is 0 Å². The van der Waals surface area contributed by atoms with Crippen LogP contribution in [0.15, 0.2) is 29.1 Å². The van der Waals surface area contributed by atoms with E-state index in [1.807, 2.05) is 10.9 Å². The van der Waals surface area contributed by atoms with Crippen molar-refractivity contribution in [3.05, 3.63) is 40.3 Å². The highest BCUT2D eigenvalue weighted by atomic mass is 32.1. The van der Waals surface area contributed by atoms with E-state index >= 15 is 0 Å². The van der Waals surface area contributed by atoms with Gasteiger partial charge in [0.05, 0.1) is 12.2 Å². The molecule has 0 fully saturated rings. The normalized spacial score (nSPS) is 11.9. The van der Waals surface area contributed by atoms with Crippen LogP contribution in [0.1, 0.15) is 32.0 Å². The van der Waals surface area contributed by atoms with Gasteiger partial charge in [-0.2, -0.15) is 16.4 Å². The van der Waals surface area contributed by atoms with Crippen molar-refractivity contribution in [2.75, 3.05) is 0 Å². The lowest BCUT2D eigenvalue weighted by atomic mass is 10.1. The van der Waals surface area contributed by atoms with E-state index in [9.17, 15) is 0 Å². The molecule has 0 aliphatic heterocycles. The Bertz CT molecular complexity index is 451. The first kappa shape index (κ1) is 12.3. The lowest BCUT2D eigenvalue weighted by Gasteiger charge is -2.19. The summed E-state index contributed by atoms with van der Waals surface area (Å²) in [6.07, 6.45) is 2.04. The molecule has 0 saturated heterocycles. The van der Waals surface area contributed by atoms with Crippen LogP contribution in [0.2, 0.25) is 0 Å². The zero-order chi connectivity index (χ0) is 12.3. The molecule has 0 saturated carbocycles. The molecule has 2 aromatic rings. The van der Waals surface area contributed by atoms with E-state index in [0.29, 0.717) is 0 Å². The number of aromatic nitrogens is 2. The Hall–Kier alpha value is -1.13. The van der Waals surface area contributed by atoms with Crippen molar-refractivity contribution in [2.45, 2.75) is 39.4 Å². The standard InChI is InChI=1S/C13H19N3S/c1-13(2,3)14-8-12-4-6-16(15-12)9-11-5-7-17-10-11/h4-7,10,14H,8-9H2,1-3H3. The molecule has 2 rings (SSSR count). The minimum atomic E-state index is 0.136. The Morgan fingerprint density at radius 3 is 2.82 bits per heavy atom. The number of hydrogen-bond donors (Lipinski definition) is 1. The maximum Gasteiger partial charge on any atom is 0.0762 e. The van der Waals surface area contributed by atoms with Crippen LogP contribution >= 0.6 is 11.3 Å². The van der Waals surface area contributed by atoms with E-state index in [1.165, 1.54) is 5.56 Å². The molecule has 3 nitrogen and oxygen atoms in total. The largest absolute Gasteiger partial charge is 0.306 e. The van der Waals surface area contributed by atoms with Crippen LogP contribution in [-0.4, -0.2) is 15.3 Å². The topological polar surface area (TPSA) is 29.9 Å². The van der Waals surface area contributed by atoms with Crippen LogP contribution in [-0.2, 0) is 13.1 Å². The predicted molar refractivity (Wildman–Crippen MR) is 72.2 cm³/mol.